The smallest absolute Gasteiger partial charge is 0.255 e. The van der Waals surface area contributed by atoms with Gasteiger partial charge in [0.25, 0.3) is 5.91 Å². The zero-order valence-electron chi connectivity index (χ0n) is 10.2. The second-order valence-electron chi connectivity index (χ2n) is 4.15. The topological polar surface area (TPSA) is 55.1 Å². The Morgan fingerprint density at radius 2 is 1.89 bits per heavy atom. The van der Waals surface area contributed by atoms with E-state index in [9.17, 15) is 13.6 Å². The largest absolute Gasteiger partial charge is 0.397 e. The van der Waals surface area contributed by atoms with Gasteiger partial charge in [-0.05, 0) is 42.8 Å². The zero-order chi connectivity index (χ0) is 14.0. The van der Waals surface area contributed by atoms with Gasteiger partial charge in [-0.15, -0.1) is 0 Å². The maximum absolute atomic E-state index is 13.4. The first-order chi connectivity index (χ1) is 8.97. The molecule has 5 heteroatoms. The van der Waals surface area contributed by atoms with E-state index in [4.69, 9.17) is 5.73 Å². The molecule has 0 aliphatic rings. The first-order valence-corrected chi connectivity index (χ1v) is 5.60. The second-order valence-corrected chi connectivity index (χ2v) is 4.15. The van der Waals surface area contributed by atoms with Crippen LogP contribution in [0.2, 0.25) is 0 Å². The van der Waals surface area contributed by atoms with Gasteiger partial charge in [-0.2, -0.15) is 0 Å². The number of amides is 1. The lowest BCUT2D eigenvalue weighted by Crippen LogP contribution is -2.13. The molecule has 19 heavy (non-hydrogen) atoms. The van der Waals surface area contributed by atoms with E-state index >= 15 is 0 Å². The molecule has 0 unspecified atom stereocenters. The van der Waals surface area contributed by atoms with Crippen molar-refractivity contribution in [3.05, 3.63) is 59.2 Å². The highest BCUT2D eigenvalue weighted by molar-refractivity contribution is 6.05. The quantitative estimate of drug-likeness (QED) is 0.817. The minimum Gasteiger partial charge on any atom is -0.397 e. The monoisotopic (exact) mass is 262 g/mol. The third-order valence-corrected chi connectivity index (χ3v) is 2.70. The predicted octanol–water partition coefficient (Wildman–Crippen LogP) is 3.11. The van der Waals surface area contributed by atoms with E-state index < -0.39 is 17.5 Å². The summed E-state index contributed by atoms with van der Waals surface area (Å²) in [6.07, 6.45) is 0. The highest BCUT2D eigenvalue weighted by Crippen LogP contribution is 2.20. The van der Waals surface area contributed by atoms with Crippen LogP contribution in [-0.4, -0.2) is 5.91 Å². The Labute approximate surface area is 109 Å². The molecule has 2 aromatic carbocycles. The fourth-order valence-electron chi connectivity index (χ4n) is 1.57. The Morgan fingerprint density at radius 3 is 2.58 bits per heavy atom. The predicted molar refractivity (Wildman–Crippen MR) is 69.9 cm³/mol. The third kappa shape index (κ3) is 2.88. The van der Waals surface area contributed by atoms with E-state index in [-0.39, 0.29) is 16.9 Å². The van der Waals surface area contributed by atoms with Crippen LogP contribution >= 0.6 is 0 Å². The summed E-state index contributed by atoms with van der Waals surface area (Å²) in [5, 5.41) is 2.44. The van der Waals surface area contributed by atoms with Crippen molar-refractivity contribution in [2.75, 3.05) is 11.1 Å². The summed E-state index contributed by atoms with van der Waals surface area (Å²) >= 11 is 0. The highest BCUT2D eigenvalue weighted by Gasteiger charge is 2.10. The second kappa shape index (κ2) is 5.06. The molecule has 2 aromatic rings. The van der Waals surface area contributed by atoms with Gasteiger partial charge in [0, 0.05) is 5.56 Å². The van der Waals surface area contributed by atoms with Gasteiger partial charge in [-0.25, -0.2) is 8.78 Å². The van der Waals surface area contributed by atoms with Crippen LogP contribution in [0.25, 0.3) is 0 Å². The van der Waals surface area contributed by atoms with E-state index in [2.05, 4.69) is 5.32 Å². The molecule has 98 valence electrons. The lowest BCUT2D eigenvalue weighted by Gasteiger charge is -2.08. The van der Waals surface area contributed by atoms with Gasteiger partial charge in [0.05, 0.1) is 11.4 Å². The van der Waals surface area contributed by atoms with E-state index in [0.717, 1.165) is 12.1 Å². The molecular weight excluding hydrogens is 250 g/mol. The van der Waals surface area contributed by atoms with Crippen LogP contribution in [0.3, 0.4) is 0 Å². The Kier molecular flexibility index (Phi) is 3.46. The minimum atomic E-state index is -0.545. The number of nitrogens with two attached hydrogens (primary N) is 1. The highest BCUT2D eigenvalue weighted by atomic mass is 19.1. The van der Waals surface area contributed by atoms with Crippen LogP contribution in [0.15, 0.2) is 36.4 Å². The number of aryl methyl sites for hydroxylation is 1. The van der Waals surface area contributed by atoms with Gasteiger partial charge in [0.2, 0.25) is 0 Å². The Hall–Kier alpha value is -2.43. The van der Waals surface area contributed by atoms with Crippen molar-refractivity contribution < 1.29 is 13.6 Å². The zero-order valence-corrected chi connectivity index (χ0v) is 10.2. The van der Waals surface area contributed by atoms with E-state index in [1.807, 2.05) is 0 Å². The molecule has 3 nitrogen and oxygen atoms in total. The molecule has 0 fully saturated rings. The van der Waals surface area contributed by atoms with Crippen molar-refractivity contribution >= 4 is 17.3 Å². The maximum atomic E-state index is 13.4. The molecule has 0 aliphatic heterocycles. The van der Waals surface area contributed by atoms with Crippen LogP contribution < -0.4 is 11.1 Å². The summed E-state index contributed by atoms with van der Waals surface area (Å²) in [6, 6.07) is 7.76. The van der Waals surface area contributed by atoms with Crippen LogP contribution in [0, 0.1) is 18.6 Å². The van der Waals surface area contributed by atoms with Crippen LogP contribution in [0.4, 0.5) is 20.2 Å². The molecule has 1 amide bonds. The van der Waals surface area contributed by atoms with E-state index in [1.165, 1.54) is 24.3 Å². The maximum Gasteiger partial charge on any atom is 0.255 e. The van der Waals surface area contributed by atoms with Gasteiger partial charge in [-0.1, -0.05) is 6.07 Å². The molecule has 0 saturated carbocycles. The van der Waals surface area contributed by atoms with E-state index in [0.29, 0.717) is 5.56 Å². The average molecular weight is 262 g/mol. The van der Waals surface area contributed by atoms with Crippen molar-refractivity contribution in [2.24, 2.45) is 0 Å². The summed E-state index contributed by atoms with van der Waals surface area (Å²) in [7, 11) is 0. The number of anilines is 2. The number of hydrogen-bond donors (Lipinski definition) is 2. The molecule has 0 heterocycles. The third-order valence-electron chi connectivity index (χ3n) is 2.70. The van der Waals surface area contributed by atoms with Crippen LogP contribution in [0.5, 0.6) is 0 Å². The molecule has 0 aliphatic carbocycles. The molecule has 0 atom stereocenters. The standard InChI is InChI=1S/C14H12F2N2O/c1-8-2-3-9(6-11(8)16)14(19)18-13-7-10(15)4-5-12(13)17/h2-7H,17H2,1H3,(H,18,19). The summed E-state index contributed by atoms with van der Waals surface area (Å²) in [4.78, 5) is 11.9. The number of halogens is 2. The molecule has 0 saturated heterocycles. The first-order valence-electron chi connectivity index (χ1n) is 5.60. The van der Waals surface area contributed by atoms with Crippen molar-refractivity contribution in [3.63, 3.8) is 0 Å². The Morgan fingerprint density at radius 1 is 1.16 bits per heavy atom. The molecule has 2 rings (SSSR count). The Bertz CT molecular complexity index is 641. The summed E-state index contributed by atoms with van der Waals surface area (Å²) in [5.41, 5.74) is 6.60. The average Bonchev–Trinajstić information content (AvgIpc) is 2.37. The summed E-state index contributed by atoms with van der Waals surface area (Å²) in [6.45, 7) is 1.60. The number of nitrogen functional groups attached to an aromatic ring is 1. The number of nitrogens with one attached hydrogen (secondary N) is 1. The van der Waals surface area contributed by atoms with E-state index in [1.54, 1.807) is 6.92 Å². The van der Waals surface area contributed by atoms with Crippen LogP contribution in [-0.2, 0) is 0 Å². The van der Waals surface area contributed by atoms with Crippen LogP contribution in [0.1, 0.15) is 15.9 Å². The summed E-state index contributed by atoms with van der Waals surface area (Å²) < 4.78 is 26.4. The van der Waals surface area contributed by atoms with Crippen molar-refractivity contribution in [1.82, 2.24) is 0 Å². The van der Waals surface area contributed by atoms with Crippen molar-refractivity contribution in [1.29, 1.82) is 0 Å². The molecule has 0 spiro atoms. The Balaban J connectivity index is 2.25. The molecule has 0 aromatic heterocycles. The van der Waals surface area contributed by atoms with Gasteiger partial charge >= 0.3 is 0 Å². The van der Waals surface area contributed by atoms with Crippen molar-refractivity contribution in [2.45, 2.75) is 6.92 Å². The first kappa shape index (κ1) is 13.0. The normalized spacial score (nSPS) is 10.3. The molecule has 0 radical (unpaired) electrons. The number of carbonyl (C=O) groups is 1. The van der Waals surface area contributed by atoms with Gasteiger partial charge in [-0.3, -0.25) is 4.79 Å². The summed E-state index contributed by atoms with van der Waals surface area (Å²) in [5.74, 6) is -1.53. The fourth-order valence-corrected chi connectivity index (χ4v) is 1.57. The lowest BCUT2D eigenvalue weighted by atomic mass is 10.1. The van der Waals surface area contributed by atoms with Gasteiger partial charge < -0.3 is 11.1 Å². The fraction of sp³-hybridized carbons (Fsp3) is 0.0714. The lowest BCUT2D eigenvalue weighted by molar-refractivity contribution is 0.102. The molecule has 3 N–H and O–H groups in total. The minimum absolute atomic E-state index is 0.145. The number of benzene rings is 2. The van der Waals surface area contributed by atoms with Gasteiger partial charge in [0.15, 0.2) is 0 Å². The molecule has 0 bridgehead atoms. The number of rotatable bonds is 2. The van der Waals surface area contributed by atoms with Gasteiger partial charge in [0.1, 0.15) is 11.6 Å². The molecular formula is C14H12F2N2O. The number of hydrogen-bond acceptors (Lipinski definition) is 2. The SMILES string of the molecule is Cc1ccc(C(=O)Nc2cc(F)ccc2N)cc1F. The van der Waals surface area contributed by atoms with Crippen molar-refractivity contribution in [3.8, 4) is 0 Å². The number of carbonyl (C=O) groups excluding carboxylic acids is 1.